The first kappa shape index (κ1) is 21.8. The fourth-order valence-electron chi connectivity index (χ4n) is 2.73. The van der Waals surface area contributed by atoms with E-state index in [9.17, 15) is 4.39 Å². The quantitative estimate of drug-likeness (QED) is 0.555. The number of hydrogen-bond donors (Lipinski definition) is 1. The highest BCUT2D eigenvalue weighted by molar-refractivity contribution is 6.46. The van der Waals surface area contributed by atoms with Crippen LogP contribution in [0.3, 0.4) is 0 Å². The molecule has 0 bridgehead atoms. The number of allylic oxidation sites excluding steroid dienone is 8. The SMILES string of the molecule is C=C(CCC(=NC)C(/C=C\C)=NC)NCC(C)(C)C1=CC=C(F)C=CC1. The van der Waals surface area contributed by atoms with Crippen molar-refractivity contribution in [2.45, 2.75) is 40.0 Å². The van der Waals surface area contributed by atoms with Crippen molar-refractivity contribution in [1.82, 2.24) is 5.32 Å². The fraction of sp³-hybridized carbons (Fsp3) is 0.455. The van der Waals surface area contributed by atoms with Gasteiger partial charge in [0, 0.05) is 31.8 Å². The molecule has 0 aromatic carbocycles. The lowest BCUT2D eigenvalue weighted by molar-refractivity contribution is 0.417. The summed E-state index contributed by atoms with van der Waals surface area (Å²) >= 11 is 0. The molecule has 4 heteroatoms. The van der Waals surface area contributed by atoms with Crippen molar-refractivity contribution in [3.05, 3.63) is 60.1 Å². The van der Waals surface area contributed by atoms with Crippen molar-refractivity contribution in [3.63, 3.8) is 0 Å². The van der Waals surface area contributed by atoms with E-state index in [1.165, 1.54) is 17.7 Å². The van der Waals surface area contributed by atoms with Crippen LogP contribution in [0, 0.1) is 5.41 Å². The summed E-state index contributed by atoms with van der Waals surface area (Å²) in [6.45, 7) is 11.2. The summed E-state index contributed by atoms with van der Waals surface area (Å²) < 4.78 is 13.4. The maximum atomic E-state index is 13.4. The summed E-state index contributed by atoms with van der Waals surface area (Å²) in [6, 6.07) is 0. The Labute approximate surface area is 157 Å². The topological polar surface area (TPSA) is 36.8 Å². The summed E-state index contributed by atoms with van der Waals surface area (Å²) in [5.74, 6) is -0.200. The smallest absolute Gasteiger partial charge is 0.122 e. The zero-order valence-electron chi connectivity index (χ0n) is 16.8. The van der Waals surface area contributed by atoms with Gasteiger partial charge in [0.2, 0.25) is 0 Å². The minimum atomic E-state index is -0.200. The Morgan fingerprint density at radius 1 is 1.27 bits per heavy atom. The molecular weight excluding hydrogens is 325 g/mol. The summed E-state index contributed by atoms with van der Waals surface area (Å²) in [7, 11) is 3.57. The van der Waals surface area contributed by atoms with Gasteiger partial charge >= 0.3 is 0 Å². The second kappa shape index (κ2) is 10.7. The first-order valence-electron chi connectivity index (χ1n) is 9.04. The highest BCUT2D eigenvalue weighted by atomic mass is 19.1. The number of nitrogens with one attached hydrogen (secondary N) is 1. The van der Waals surface area contributed by atoms with E-state index in [1.807, 2.05) is 31.2 Å². The second-order valence-electron chi connectivity index (χ2n) is 6.97. The predicted octanol–water partition coefficient (Wildman–Crippen LogP) is 5.35. The van der Waals surface area contributed by atoms with Crippen LogP contribution in [0.25, 0.3) is 0 Å². The maximum absolute atomic E-state index is 13.4. The van der Waals surface area contributed by atoms with Crippen LogP contribution >= 0.6 is 0 Å². The highest BCUT2D eigenvalue weighted by Gasteiger charge is 2.22. The third-order valence-electron chi connectivity index (χ3n) is 4.50. The molecule has 1 aliphatic carbocycles. The Bertz CT molecular complexity index is 674. The Morgan fingerprint density at radius 3 is 2.62 bits per heavy atom. The summed E-state index contributed by atoms with van der Waals surface area (Å²) in [4.78, 5) is 8.64. The zero-order chi connectivity index (χ0) is 19.6. The predicted molar refractivity (Wildman–Crippen MR) is 113 cm³/mol. The van der Waals surface area contributed by atoms with Crippen LogP contribution in [0.1, 0.15) is 40.0 Å². The van der Waals surface area contributed by atoms with E-state index in [4.69, 9.17) is 0 Å². The maximum Gasteiger partial charge on any atom is 0.122 e. The molecule has 0 heterocycles. The third-order valence-corrected chi connectivity index (χ3v) is 4.50. The average Bonchev–Trinajstić information content (AvgIpc) is 2.84. The molecule has 0 radical (unpaired) electrons. The van der Waals surface area contributed by atoms with Crippen LogP contribution in [0.2, 0.25) is 0 Å². The van der Waals surface area contributed by atoms with Gasteiger partial charge in [-0.1, -0.05) is 44.2 Å². The number of rotatable bonds is 9. The van der Waals surface area contributed by atoms with Gasteiger partial charge in [0.25, 0.3) is 0 Å². The van der Waals surface area contributed by atoms with Crippen LogP contribution in [-0.4, -0.2) is 32.1 Å². The number of hydrogen-bond acceptors (Lipinski definition) is 3. The minimum Gasteiger partial charge on any atom is -0.388 e. The standard InChI is InChI=1S/C22H32FN3/c1-7-9-20(24-5)21(25-6)15-12-17(2)26-16-22(3,4)18-10-8-11-19(23)14-13-18/h7-9,11,13-14,26H,2,10,12,15-16H2,1,3-6H3/b9-7-,24-20?,25-21?. The number of nitrogens with zero attached hydrogens (tertiary/aromatic N) is 2. The molecule has 0 atom stereocenters. The molecule has 0 aliphatic heterocycles. The van der Waals surface area contributed by atoms with E-state index in [0.29, 0.717) is 0 Å². The lowest BCUT2D eigenvalue weighted by atomic mass is 9.82. The van der Waals surface area contributed by atoms with Crippen molar-refractivity contribution in [2.24, 2.45) is 15.4 Å². The molecule has 0 fully saturated rings. The molecule has 1 N–H and O–H groups in total. The number of halogens is 1. The van der Waals surface area contributed by atoms with Gasteiger partial charge in [0.05, 0.1) is 11.4 Å². The van der Waals surface area contributed by atoms with Gasteiger partial charge in [-0.25, -0.2) is 4.39 Å². The van der Waals surface area contributed by atoms with E-state index in [-0.39, 0.29) is 11.2 Å². The molecule has 0 saturated carbocycles. The van der Waals surface area contributed by atoms with Crippen molar-refractivity contribution < 1.29 is 4.39 Å². The molecule has 0 spiro atoms. The van der Waals surface area contributed by atoms with Crippen LogP contribution in [-0.2, 0) is 0 Å². The van der Waals surface area contributed by atoms with E-state index >= 15 is 0 Å². The monoisotopic (exact) mass is 357 g/mol. The van der Waals surface area contributed by atoms with Crippen LogP contribution in [0.5, 0.6) is 0 Å². The molecule has 1 rings (SSSR count). The third kappa shape index (κ3) is 6.95. The molecule has 0 amide bonds. The molecule has 3 nitrogen and oxygen atoms in total. The van der Waals surface area contributed by atoms with E-state index < -0.39 is 0 Å². The first-order valence-corrected chi connectivity index (χ1v) is 9.04. The lowest BCUT2D eigenvalue weighted by Gasteiger charge is -2.29. The number of aliphatic imine (C=N–C) groups is 2. The van der Waals surface area contributed by atoms with E-state index in [0.717, 1.165) is 42.9 Å². The van der Waals surface area contributed by atoms with Crippen molar-refractivity contribution in [1.29, 1.82) is 0 Å². The molecule has 0 unspecified atom stereocenters. The van der Waals surface area contributed by atoms with Gasteiger partial charge in [-0.15, -0.1) is 0 Å². The van der Waals surface area contributed by atoms with E-state index in [1.54, 1.807) is 14.1 Å². The lowest BCUT2D eigenvalue weighted by Crippen LogP contribution is -2.30. The molecule has 0 saturated heterocycles. The summed E-state index contributed by atoms with van der Waals surface area (Å²) in [6.07, 6.45) is 13.1. The minimum absolute atomic E-state index is 0.0862. The van der Waals surface area contributed by atoms with Crippen molar-refractivity contribution >= 4 is 11.4 Å². The van der Waals surface area contributed by atoms with Crippen LogP contribution in [0.4, 0.5) is 4.39 Å². The summed E-state index contributed by atoms with van der Waals surface area (Å²) in [5.41, 5.74) is 3.97. The van der Waals surface area contributed by atoms with Crippen LogP contribution < -0.4 is 5.32 Å². The van der Waals surface area contributed by atoms with Crippen molar-refractivity contribution in [3.8, 4) is 0 Å². The van der Waals surface area contributed by atoms with Gasteiger partial charge in [-0.2, -0.15) is 0 Å². The molecular formula is C22H32FN3. The molecule has 0 aromatic rings. The van der Waals surface area contributed by atoms with Gasteiger partial charge in [-0.05, 0) is 44.4 Å². The fourth-order valence-corrected chi connectivity index (χ4v) is 2.73. The van der Waals surface area contributed by atoms with E-state index in [2.05, 4.69) is 35.7 Å². The van der Waals surface area contributed by atoms with Gasteiger partial charge in [-0.3, -0.25) is 9.98 Å². The Kier molecular flexibility index (Phi) is 8.97. The highest BCUT2D eigenvalue weighted by Crippen LogP contribution is 2.30. The Morgan fingerprint density at radius 2 is 2.00 bits per heavy atom. The average molecular weight is 358 g/mol. The Hall–Kier alpha value is -2.23. The first-order chi connectivity index (χ1) is 12.3. The summed E-state index contributed by atoms with van der Waals surface area (Å²) in [5, 5.41) is 3.43. The van der Waals surface area contributed by atoms with Gasteiger partial charge in [0.15, 0.2) is 0 Å². The largest absolute Gasteiger partial charge is 0.388 e. The van der Waals surface area contributed by atoms with Crippen molar-refractivity contribution in [2.75, 3.05) is 20.6 Å². The molecule has 1 aliphatic rings. The molecule has 26 heavy (non-hydrogen) atoms. The molecule has 142 valence electrons. The van der Waals surface area contributed by atoms with Gasteiger partial charge in [0.1, 0.15) is 5.83 Å². The molecule has 0 aromatic heterocycles. The second-order valence-corrected chi connectivity index (χ2v) is 6.97. The van der Waals surface area contributed by atoms with Crippen LogP contribution in [0.15, 0.2) is 70.1 Å². The van der Waals surface area contributed by atoms with Gasteiger partial charge < -0.3 is 5.32 Å². The Balaban J connectivity index is 2.59. The normalized spacial score (nSPS) is 16.4. The zero-order valence-corrected chi connectivity index (χ0v) is 16.8.